The van der Waals surface area contributed by atoms with Gasteiger partial charge in [-0.1, -0.05) is 38.5 Å². The van der Waals surface area contributed by atoms with Crippen LogP contribution in [0.3, 0.4) is 0 Å². The maximum Gasteiger partial charge on any atom is 1.00 e. The van der Waals surface area contributed by atoms with E-state index in [0.717, 1.165) is 38.5 Å². The van der Waals surface area contributed by atoms with E-state index in [1.807, 2.05) is 0 Å². The van der Waals surface area contributed by atoms with Crippen LogP contribution in [0.4, 0.5) is 0 Å². The van der Waals surface area contributed by atoms with Crippen molar-refractivity contribution in [2.24, 2.45) is 0 Å². The molecule has 9 heteroatoms. The zero-order chi connectivity index (χ0) is 14.1. The van der Waals surface area contributed by atoms with Crippen LogP contribution in [0.5, 0.6) is 0 Å². The van der Waals surface area contributed by atoms with E-state index >= 15 is 0 Å². The van der Waals surface area contributed by atoms with Crippen molar-refractivity contribution in [2.45, 2.75) is 51.4 Å². The van der Waals surface area contributed by atoms with Gasteiger partial charge < -0.3 is 4.55 Å². The molecule has 0 atom stereocenters. The predicted octanol–water partition coefficient (Wildman–Crippen LogP) is -1.46. The first-order valence-corrected chi connectivity index (χ1v) is 9.28. The minimum absolute atomic E-state index is 0. The van der Waals surface area contributed by atoms with Crippen LogP contribution in [0, 0.1) is 0 Å². The Hall–Kier alpha value is 0.820. The fourth-order valence-corrected chi connectivity index (χ4v) is 2.75. The van der Waals surface area contributed by atoms with Gasteiger partial charge in [-0.25, -0.2) is 8.42 Å². The van der Waals surface area contributed by atoms with Gasteiger partial charge in [0.05, 0.1) is 15.9 Å². The molecular formula is C10H21NaO6S2. The number of unbranched alkanes of at least 4 members (excludes halogenated alkanes) is 7. The molecule has 0 heterocycles. The van der Waals surface area contributed by atoms with Crippen molar-refractivity contribution in [1.82, 2.24) is 0 Å². The normalized spacial score (nSPS) is 12.1. The Balaban J connectivity index is 0. The Labute approximate surface area is 138 Å². The van der Waals surface area contributed by atoms with E-state index < -0.39 is 20.2 Å². The largest absolute Gasteiger partial charge is 1.00 e. The number of hydrogen-bond donors (Lipinski definition) is 1. The average molecular weight is 324 g/mol. The zero-order valence-electron chi connectivity index (χ0n) is 11.4. The van der Waals surface area contributed by atoms with Gasteiger partial charge in [0, 0.05) is 5.75 Å². The van der Waals surface area contributed by atoms with Crippen molar-refractivity contribution in [2.75, 3.05) is 11.5 Å². The molecule has 0 aliphatic carbocycles. The van der Waals surface area contributed by atoms with Crippen molar-refractivity contribution in [3.63, 3.8) is 0 Å². The second-order valence-corrected chi connectivity index (χ2v) is 7.47. The van der Waals surface area contributed by atoms with Crippen molar-refractivity contribution in [1.29, 1.82) is 0 Å². The molecule has 110 valence electrons. The standard InChI is InChI=1S/C10H22O6S2.Na/c11-17(12,13)9-7-5-3-1-2-4-6-8-10-18(14,15)16;/h1-10H2,(H,11,12,13)(H,14,15,16);/q;+1/p-1. The average Bonchev–Trinajstić information content (AvgIpc) is 2.17. The van der Waals surface area contributed by atoms with Crippen LogP contribution in [0.15, 0.2) is 0 Å². The molecule has 6 nitrogen and oxygen atoms in total. The van der Waals surface area contributed by atoms with E-state index in [1.54, 1.807) is 0 Å². The van der Waals surface area contributed by atoms with Gasteiger partial charge in [-0.15, -0.1) is 0 Å². The Morgan fingerprint density at radius 3 is 1.32 bits per heavy atom. The zero-order valence-corrected chi connectivity index (χ0v) is 15.0. The van der Waals surface area contributed by atoms with Crippen molar-refractivity contribution >= 4 is 20.2 Å². The van der Waals surface area contributed by atoms with Crippen LogP contribution in [0.2, 0.25) is 0 Å². The molecule has 0 radical (unpaired) electrons. The molecule has 0 aromatic rings. The van der Waals surface area contributed by atoms with Gasteiger partial charge in [0.25, 0.3) is 10.1 Å². The Kier molecular flexibility index (Phi) is 13.4. The molecule has 0 aromatic carbocycles. The minimum Gasteiger partial charge on any atom is -0.748 e. The summed E-state index contributed by atoms with van der Waals surface area (Å²) in [4.78, 5) is 0. The second kappa shape index (κ2) is 11.5. The van der Waals surface area contributed by atoms with E-state index in [-0.39, 0.29) is 41.1 Å². The molecule has 0 fully saturated rings. The summed E-state index contributed by atoms with van der Waals surface area (Å²) >= 11 is 0. The molecule has 0 saturated heterocycles. The molecule has 19 heavy (non-hydrogen) atoms. The molecule has 0 spiro atoms. The van der Waals surface area contributed by atoms with Crippen molar-refractivity contribution < 1.29 is 55.5 Å². The maximum atomic E-state index is 10.4. The topological polar surface area (TPSA) is 112 Å². The number of rotatable bonds is 11. The molecule has 0 saturated carbocycles. The quantitative estimate of drug-likeness (QED) is 0.282. The second-order valence-electron chi connectivity index (χ2n) is 4.38. The molecule has 0 amide bonds. The Morgan fingerprint density at radius 2 is 1.00 bits per heavy atom. The summed E-state index contributed by atoms with van der Waals surface area (Å²) in [5.41, 5.74) is 0. The first kappa shape index (κ1) is 22.1. The van der Waals surface area contributed by atoms with Crippen molar-refractivity contribution in [3.05, 3.63) is 0 Å². The number of hydrogen-bond acceptors (Lipinski definition) is 5. The van der Waals surface area contributed by atoms with Gasteiger partial charge in [-0.05, 0) is 12.8 Å². The van der Waals surface area contributed by atoms with Gasteiger partial charge in [-0.2, -0.15) is 8.42 Å². The Bertz CT molecular complexity index is 364. The molecule has 0 bridgehead atoms. The van der Waals surface area contributed by atoms with E-state index in [2.05, 4.69) is 0 Å². The summed E-state index contributed by atoms with van der Waals surface area (Å²) in [6.45, 7) is 0. The first-order valence-electron chi connectivity index (χ1n) is 6.09. The summed E-state index contributed by atoms with van der Waals surface area (Å²) in [6, 6.07) is 0. The molecule has 0 rings (SSSR count). The summed E-state index contributed by atoms with van der Waals surface area (Å²) < 4.78 is 60.2. The Morgan fingerprint density at radius 1 is 0.684 bits per heavy atom. The first-order chi connectivity index (χ1) is 8.21. The van der Waals surface area contributed by atoms with Gasteiger partial charge in [0.2, 0.25) is 0 Å². The molecule has 0 aliphatic heterocycles. The monoisotopic (exact) mass is 324 g/mol. The molecule has 1 N–H and O–H groups in total. The third kappa shape index (κ3) is 21.3. The third-order valence-electron chi connectivity index (χ3n) is 2.55. The van der Waals surface area contributed by atoms with Crippen LogP contribution in [0.25, 0.3) is 0 Å². The van der Waals surface area contributed by atoms with Gasteiger partial charge >= 0.3 is 29.6 Å². The third-order valence-corrected chi connectivity index (χ3v) is 4.14. The van der Waals surface area contributed by atoms with Crippen molar-refractivity contribution in [3.8, 4) is 0 Å². The summed E-state index contributed by atoms with van der Waals surface area (Å²) in [6.07, 6.45) is 6.05. The van der Waals surface area contributed by atoms with Gasteiger partial charge in [-0.3, -0.25) is 4.55 Å². The van der Waals surface area contributed by atoms with Gasteiger partial charge in [0.1, 0.15) is 0 Å². The van der Waals surface area contributed by atoms with Crippen LogP contribution in [0.1, 0.15) is 51.4 Å². The van der Waals surface area contributed by atoms with E-state index in [4.69, 9.17) is 4.55 Å². The van der Waals surface area contributed by atoms with Crippen LogP contribution in [-0.4, -0.2) is 37.4 Å². The maximum absolute atomic E-state index is 10.4. The predicted molar refractivity (Wildman–Crippen MR) is 67.9 cm³/mol. The van der Waals surface area contributed by atoms with E-state index in [1.165, 1.54) is 0 Å². The summed E-state index contributed by atoms with van der Waals surface area (Å²) in [5.74, 6) is -0.476. The SMILES string of the molecule is O=S(=O)([O-])CCCCCCCCCCS(=O)(=O)O.[Na+]. The van der Waals surface area contributed by atoms with E-state index in [9.17, 15) is 21.4 Å². The van der Waals surface area contributed by atoms with Crippen LogP contribution < -0.4 is 29.6 Å². The van der Waals surface area contributed by atoms with E-state index in [0.29, 0.717) is 12.8 Å². The smallest absolute Gasteiger partial charge is 0.748 e. The van der Waals surface area contributed by atoms with Crippen LogP contribution >= 0.6 is 0 Å². The molecule has 0 unspecified atom stereocenters. The minimum atomic E-state index is -4.07. The fraction of sp³-hybridized carbons (Fsp3) is 1.00. The van der Waals surface area contributed by atoms with Gasteiger partial charge in [0.15, 0.2) is 0 Å². The van der Waals surface area contributed by atoms with Crippen LogP contribution in [-0.2, 0) is 20.2 Å². The summed E-state index contributed by atoms with van der Waals surface area (Å²) in [5, 5.41) is 0. The summed E-state index contributed by atoms with van der Waals surface area (Å²) in [7, 11) is -7.90. The fourth-order valence-electron chi connectivity index (χ4n) is 1.62. The molecule has 0 aliphatic rings. The molecule has 0 aromatic heterocycles. The molecular weight excluding hydrogens is 303 g/mol.